The predicted molar refractivity (Wildman–Crippen MR) is 64.0 cm³/mol. The van der Waals surface area contributed by atoms with Gasteiger partial charge in [-0.1, -0.05) is 12.8 Å². The summed E-state index contributed by atoms with van der Waals surface area (Å²) < 4.78 is 0. The van der Waals surface area contributed by atoms with Crippen LogP contribution in [0.2, 0.25) is 0 Å². The molecule has 82 valence electrons. The van der Waals surface area contributed by atoms with E-state index in [0.717, 1.165) is 11.6 Å². The Bertz CT molecular complexity index is 316. The first-order valence-corrected chi connectivity index (χ1v) is 5.94. The number of pyridine rings is 1. The lowest BCUT2D eigenvalue weighted by Gasteiger charge is -2.21. The fourth-order valence-electron chi connectivity index (χ4n) is 2.47. The summed E-state index contributed by atoms with van der Waals surface area (Å²) in [6.45, 7) is 4.37. The number of hydrogen-bond acceptors (Lipinski definition) is 2. The third kappa shape index (κ3) is 2.71. The summed E-state index contributed by atoms with van der Waals surface area (Å²) in [6, 6.07) is 2.74. The number of aromatic nitrogens is 1. The minimum atomic E-state index is 0.580. The third-order valence-electron chi connectivity index (χ3n) is 3.38. The molecule has 0 spiro atoms. The second-order valence-electron chi connectivity index (χ2n) is 4.73. The fraction of sp³-hybridized carbons (Fsp3) is 0.615. The van der Waals surface area contributed by atoms with Crippen molar-refractivity contribution >= 4 is 5.69 Å². The van der Waals surface area contributed by atoms with E-state index in [1.807, 2.05) is 12.4 Å². The summed E-state index contributed by atoms with van der Waals surface area (Å²) in [5.41, 5.74) is 2.38. The standard InChI is InChI=1S/C13H20N2/c1-10-7-13(9-14-8-10)15-11(2)12-5-3-4-6-12/h7-9,11-12,15H,3-6H2,1-2H3. The minimum absolute atomic E-state index is 0.580. The van der Waals surface area contributed by atoms with Crippen molar-refractivity contribution in [3.05, 3.63) is 24.0 Å². The van der Waals surface area contributed by atoms with Gasteiger partial charge in [0.25, 0.3) is 0 Å². The zero-order valence-electron chi connectivity index (χ0n) is 9.66. The summed E-state index contributed by atoms with van der Waals surface area (Å²) >= 11 is 0. The topological polar surface area (TPSA) is 24.9 Å². The lowest BCUT2D eigenvalue weighted by atomic mass is 10.00. The highest BCUT2D eigenvalue weighted by molar-refractivity contribution is 5.43. The molecule has 2 nitrogen and oxygen atoms in total. The van der Waals surface area contributed by atoms with E-state index in [1.165, 1.54) is 31.2 Å². The molecule has 1 N–H and O–H groups in total. The van der Waals surface area contributed by atoms with Crippen molar-refractivity contribution < 1.29 is 0 Å². The molecule has 0 saturated heterocycles. The molecule has 1 aliphatic carbocycles. The molecule has 1 saturated carbocycles. The molecular formula is C13H20N2. The normalized spacial score (nSPS) is 19.1. The SMILES string of the molecule is Cc1cncc(NC(C)C2CCCC2)c1. The van der Waals surface area contributed by atoms with Crippen molar-refractivity contribution in [2.45, 2.75) is 45.6 Å². The molecule has 1 fully saturated rings. The molecule has 1 aromatic rings. The van der Waals surface area contributed by atoms with E-state index in [0.29, 0.717) is 6.04 Å². The summed E-state index contributed by atoms with van der Waals surface area (Å²) in [4.78, 5) is 4.20. The van der Waals surface area contributed by atoms with Crippen LogP contribution in [0.4, 0.5) is 5.69 Å². The Balaban J connectivity index is 1.95. The molecule has 0 amide bonds. The Morgan fingerprint density at radius 2 is 2.07 bits per heavy atom. The third-order valence-corrected chi connectivity index (χ3v) is 3.38. The quantitative estimate of drug-likeness (QED) is 0.816. The molecule has 1 aromatic heterocycles. The second-order valence-corrected chi connectivity index (χ2v) is 4.73. The van der Waals surface area contributed by atoms with Crippen LogP contribution in [0.5, 0.6) is 0 Å². The Morgan fingerprint density at radius 3 is 2.73 bits per heavy atom. The van der Waals surface area contributed by atoms with E-state index < -0.39 is 0 Å². The van der Waals surface area contributed by atoms with Crippen LogP contribution < -0.4 is 5.32 Å². The molecule has 1 heterocycles. The van der Waals surface area contributed by atoms with Crippen molar-refractivity contribution in [1.82, 2.24) is 4.98 Å². The van der Waals surface area contributed by atoms with Gasteiger partial charge in [-0.2, -0.15) is 0 Å². The van der Waals surface area contributed by atoms with Crippen LogP contribution in [0.1, 0.15) is 38.2 Å². The van der Waals surface area contributed by atoms with Crippen LogP contribution in [0.25, 0.3) is 0 Å². The van der Waals surface area contributed by atoms with E-state index in [9.17, 15) is 0 Å². The zero-order valence-corrected chi connectivity index (χ0v) is 9.66. The highest BCUT2D eigenvalue weighted by atomic mass is 14.9. The molecule has 2 heteroatoms. The van der Waals surface area contributed by atoms with Gasteiger partial charge in [0.1, 0.15) is 0 Å². The van der Waals surface area contributed by atoms with Crippen LogP contribution in [-0.2, 0) is 0 Å². The molecule has 0 aromatic carbocycles. The molecule has 0 aliphatic heterocycles. The predicted octanol–water partition coefficient (Wildman–Crippen LogP) is 3.38. The Hall–Kier alpha value is -1.05. The van der Waals surface area contributed by atoms with E-state index in [1.54, 1.807) is 0 Å². The highest BCUT2D eigenvalue weighted by Gasteiger charge is 2.21. The Kier molecular flexibility index (Phi) is 3.24. The van der Waals surface area contributed by atoms with E-state index in [2.05, 4.69) is 30.2 Å². The molecule has 1 atom stereocenters. The number of anilines is 1. The van der Waals surface area contributed by atoms with Gasteiger partial charge in [-0.25, -0.2) is 0 Å². The van der Waals surface area contributed by atoms with E-state index in [4.69, 9.17) is 0 Å². The molecule has 1 aliphatic rings. The number of nitrogens with zero attached hydrogens (tertiary/aromatic N) is 1. The number of rotatable bonds is 3. The maximum absolute atomic E-state index is 4.20. The first-order valence-electron chi connectivity index (χ1n) is 5.94. The lowest BCUT2D eigenvalue weighted by molar-refractivity contribution is 0.482. The van der Waals surface area contributed by atoms with Crippen molar-refractivity contribution in [2.75, 3.05) is 5.32 Å². The first-order chi connectivity index (χ1) is 7.25. The van der Waals surface area contributed by atoms with E-state index in [-0.39, 0.29) is 0 Å². The van der Waals surface area contributed by atoms with Gasteiger partial charge >= 0.3 is 0 Å². The van der Waals surface area contributed by atoms with Crippen LogP contribution in [0.15, 0.2) is 18.5 Å². The Labute approximate surface area is 92.1 Å². The summed E-state index contributed by atoms with van der Waals surface area (Å²) in [7, 11) is 0. The molecule has 0 bridgehead atoms. The van der Waals surface area contributed by atoms with Gasteiger partial charge in [0.2, 0.25) is 0 Å². The lowest BCUT2D eigenvalue weighted by Crippen LogP contribution is -2.23. The average Bonchev–Trinajstić information content (AvgIpc) is 2.70. The van der Waals surface area contributed by atoms with Crippen molar-refractivity contribution in [3.63, 3.8) is 0 Å². The van der Waals surface area contributed by atoms with Crippen LogP contribution >= 0.6 is 0 Å². The molecule has 1 unspecified atom stereocenters. The van der Waals surface area contributed by atoms with E-state index >= 15 is 0 Å². The van der Waals surface area contributed by atoms with Crippen molar-refractivity contribution in [1.29, 1.82) is 0 Å². The first kappa shape index (κ1) is 10.5. The molecular weight excluding hydrogens is 184 g/mol. The minimum Gasteiger partial charge on any atom is -0.381 e. The average molecular weight is 204 g/mol. The molecule has 2 rings (SSSR count). The van der Waals surface area contributed by atoms with Crippen molar-refractivity contribution in [2.24, 2.45) is 5.92 Å². The number of hydrogen-bond donors (Lipinski definition) is 1. The number of nitrogens with one attached hydrogen (secondary N) is 1. The highest BCUT2D eigenvalue weighted by Crippen LogP contribution is 2.29. The summed E-state index contributed by atoms with van der Waals surface area (Å²) in [5, 5.41) is 3.56. The van der Waals surface area contributed by atoms with Crippen LogP contribution in [-0.4, -0.2) is 11.0 Å². The summed E-state index contributed by atoms with van der Waals surface area (Å²) in [6.07, 6.45) is 9.39. The van der Waals surface area contributed by atoms with Gasteiger partial charge < -0.3 is 5.32 Å². The van der Waals surface area contributed by atoms with Gasteiger partial charge in [-0.3, -0.25) is 4.98 Å². The smallest absolute Gasteiger partial charge is 0.0531 e. The molecule has 15 heavy (non-hydrogen) atoms. The fourth-order valence-corrected chi connectivity index (χ4v) is 2.47. The van der Waals surface area contributed by atoms with Gasteiger partial charge in [0.15, 0.2) is 0 Å². The largest absolute Gasteiger partial charge is 0.381 e. The van der Waals surface area contributed by atoms with Crippen molar-refractivity contribution in [3.8, 4) is 0 Å². The number of aryl methyl sites for hydroxylation is 1. The van der Waals surface area contributed by atoms with Gasteiger partial charge in [-0.15, -0.1) is 0 Å². The second kappa shape index (κ2) is 4.65. The maximum Gasteiger partial charge on any atom is 0.0531 e. The van der Waals surface area contributed by atoms with Gasteiger partial charge in [0.05, 0.1) is 5.69 Å². The van der Waals surface area contributed by atoms with Crippen LogP contribution in [0, 0.1) is 12.8 Å². The zero-order chi connectivity index (χ0) is 10.7. The van der Waals surface area contributed by atoms with Gasteiger partial charge in [-0.05, 0) is 44.2 Å². The molecule has 0 radical (unpaired) electrons. The maximum atomic E-state index is 4.20. The van der Waals surface area contributed by atoms with Crippen LogP contribution in [0.3, 0.4) is 0 Å². The summed E-state index contributed by atoms with van der Waals surface area (Å²) in [5.74, 6) is 0.852. The monoisotopic (exact) mass is 204 g/mol. The van der Waals surface area contributed by atoms with Gasteiger partial charge in [0, 0.05) is 18.4 Å². The Morgan fingerprint density at radius 1 is 1.33 bits per heavy atom.